The zero-order valence-corrected chi connectivity index (χ0v) is 17.4. The van der Waals surface area contributed by atoms with Crippen molar-refractivity contribution in [3.63, 3.8) is 0 Å². The van der Waals surface area contributed by atoms with Crippen molar-refractivity contribution in [1.82, 2.24) is 25.1 Å². The Morgan fingerprint density at radius 2 is 1.69 bits per heavy atom. The number of hydrogen-bond donors (Lipinski definition) is 1. The third-order valence-corrected chi connectivity index (χ3v) is 4.61. The summed E-state index contributed by atoms with van der Waals surface area (Å²) in [7, 11) is 0. The SMILES string of the molecule is CC(=O)N(CCCn1nnc(-c2ccccc2Nc2ccc(C(F)(F)F)cc2)n1)C(C)=O. The number of benzene rings is 2. The van der Waals surface area contributed by atoms with E-state index in [1.165, 1.54) is 30.8 Å². The molecule has 0 fully saturated rings. The van der Waals surface area contributed by atoms with Crippen LogP contribution in [0.25, 0.3) is 11.4 Å². The van der Waals surface area contributed by atoms with Crippen LogP contribution in [0, 0.1) is 0 Å². The van der Waals surface area contributed by atoms with Crippen LogP contribution >= 0.6 is 0 Å². The number of tetrazole rings is 1. The minimum Gasteiger partial charge on any atom is -0.355 e. The van der Waals surface area contributed by atoms with Gasteiger partial charge in [-0.1, -0.05) is 12.1 Å². The lowest BCUT2D eigenvalue weighted by Crippen LogP contribution is -2.34. The number of nitrogens with one attached hydrogen (secondary N) is 1. The van der Waals surface area contributed by atoms with Gasteiger partial charge in [0.05, 0.1) is 12.1 Å². The summed E-state index contributed by atoms with van der Waals surface area (Å²) in [6.45, 7) is 3.24. The molecule has 11 heteroatoms. The number of nitrogens with zero attached hydrogens (tertiary/aromatic N) is 5. The molecule has 1 aromatic heterocycles. The fourth-order valence-electron chi connectivity index (χ4n) is 3.04. The Hall–Kier alpha value is -3.76. The minimum atomic E-state index is -4.40. The van der Waals surface area contributed by atoms with E-state index in [2.05, 4.69) is 20.7 Å². The quantitative estimate of drug-likeness (QED) is 0.592. The predicted molar refractivity (Wildman–Crippen MR) is 111 cm³/mol. The average molecular weight is 446 g/mol. The van der Waals surface area contributed by atoms with E-state index in [1.807, 2.05) is 0 Å². The fraction of sp³-hybridized carbons (Fsp3) is 0.286. The first-order valence-electron chi connectivity index (χ1n) is 9.75. The van der Waals surface area contributed by atoms with Crippen LogP contribution in [-0.2, 0) is 22.3 Å². The van der Waals surface area contributed by atoms with Gasteiger partial charge in [-0.05, 0) is 48.0 Å². The van der Waals surface area contributed by atoms with Crippen LogP contribution in [0.1, 0.15) is 25.8 Å². The number of para-hydroxylation sites is 1. The van der Waals surface area contributed by atoms with Crippen molar-refractivity contribution in [3.8, 4) is 11.4 Å². The van der Waals surface area contributed by atoms with Crippen molar-refractivity contribution >= 4 is 23.2 Å². The third kappa shape index (κ3) is 5.68. The predicted octanol–water partition coefficient (Wildman–Crippen LogP) is 3.89. The van der Waals surface area contributed by atoms with Gasteiger partial charge < -0.3 is 5.32 Å². The van der Waals surface area contributed by atoms with E-state index in [0.717, 1.165) is 17.0 Å². The highest BCUT2D eigenvalue weighted by Crippen LogP contribution is 2.32. The number of amides is 2. The van der Waals surface area contributed by atoms with Gasteiger partial charge in [0.1, 0.15) is 0 Å². The van der Waals surface area contributed by atoms with Gasteiger partial charge in [-0.2, -0.15) is 18.0 Å². The maximum absolute atomic E-state index is 12.8. The molecular formula is C21H21F3N6O2. The molecule has 0 aliphatic rings. The lowest BCUT2D eigenvalue weighted by molar-refractivity contribution is -0.142. The van der Waals surface area contributed by atoms with Crippen LogP contribution in [0.3, 0.4) is 0 Å². The molecule has 0 aliphatic heterocycles. The molecule has 3 rings (SSSR count). The van der Waals surface area contributed by atoms with Crippen molar-refractivity contribution < 1.29 is 22.8 Å². The first-order chi connectivity index (χ1) is 15.1. The monoisotopic (exact) mass is 446 g/mol. The molecule has 0 aliphatic carbocycles. The number of alkyl halides is 3. The second kappa shape index (κ2) is 9.58. The van der Waals surface area contributed by atoms with Crippen molar-refractivity contribution in [3.05, 3.63) is 54.1 Å². The molecule has 1 heterocycles. The average Bonchev–Trinajstić information content (AvgIpc) is 3.19. The third-order valence-electron chi connectivity index (χ3n) is 4.61. The maximum Gasteiger partial charge on any atom is 0.416 e. The van der Waals surface area contributed by atoms with Crippen molar-refractivity contribution in [2.45, 2.75) is 33.0 Å². The molecule has 168 valence electrons. The highest BCUT2D eigenvalue weighted by Gasteiger charge is 2.30. The molecule has 0 spiro atoms. The molecule has 8 nitrogen and oxygen atoms in total. The van der Waals surface area contributed by atoms with Crippen LogP contribution < -0.4 is 5.32 Å². The molecule has 2 amide bonds. The summed E-state index contributed by atoms with van der Waals surface area (Å²) in [4.78, 5) is 25.4. The Kier molecular flexibility index (Phi) is 6.86. The van der Waals surface area contributed by atoms with E-state index in [-0.39, 0.29) is 18.4 Å². The van der Waals surface area contributed by atoms with Gasteiger partial charge in [-0.15, -0.1) is 10.2 Å². The van der Waals surface area contributed by atoms with Gasteiger partial charge >= 0.3 is 6.18 Å². The lowest BCUT2D eigenvalue weighted by atomic mass is 10.1. The molecule has 0 saturated carbocycles. The lowest BCUT2D eigenvalue weighted by Gasteiger charge is -2.16. The minimum absolute atomic E-state index is 0.244. The summed E-state index contributed by atoms with van der Waals surface area (Å²) in [6, 6.07) is 11.8. The number of halogens is 3. The maximum atomic E-state index is 12.8. The Morgan fingerprint density at radius 1 is 1.03 bits per heavy atom. The van der Waals surface area contributed by atoms with E-state index in [9.17, 15) is 22.8 Å². The summed E-state index contributed by atoms with van der Waals surface area (Å²) < 4.78 is 38.3. The Bertz CT molecular complexity index is 1080. The van der Waals surface area contributed by atoms with Crippen molar-refractivity contribution in [2.75, 3.05) is 11.9 Å². The first-order valence-corrected chi connectivity index (χ1v) is 9.75. The fourth-order valence-corrected chi connectivity index (χ4v) is 3.04. The molecule has 2 aromatic carbocycles. The number of imide groups is 1. The largest absolute Gasteiger partial charge is 0.416 e. The molecule has 0 bridgehead atoms. The van der Waals surface area contributed by atoms with E-state index >= 15 is 0 Å². The normalized spacial score (nSPS) is 11.3. The smallest absolute Gasteiger partial charge is 0.355 e. The second-order valence-electron chi connectivity index (χ2n) is 7.00. The molecule has 1 N–H and O–H groups in total. The molecule has 0 saturated heterocycles. The molecule has 0 radical (unpaired) electrons. The van der Waals surface area contributed by atoms with Gasteiger partial charge in [-0.25, -0.2) is 0 Å². The van der Waals surface area contributed by atoms with E-state index < -0.39 is 11.7 Å². The number of hydrogen-bond acceptors (Lipinski definition) is 6. The molecule has 0 atom stereocenters. The Balaban J connectivity index is 1.70. The summed E-state index contributed by atoms with van der Waals surface area (Å²) in [5, 5.41) is 15.5. The molecule has 3 aromatic rings. The molecule has 0 unspecified atom stereocenters. The summed E-state index contributed by atoms with van der Waals surface area (Å²) in [5.41, 5.74) is 0.972. The number of aryl methyl sites for hydroxylation is 1. The number of rotatable bonds is 7. The number of anilines is 2. The zero-order chi connectivity index (χ0) is 23.3. The van der Waals surface area contributed by atoms with Gasteiger partial charge in [0, 0.05) is 37.3 Å². The van der Waals surface area contributed by atoms with E-state index in [0.29, 0.717) is 35.7 Å². The molecular weight excluding hydrogens is 425 g/mol. The van der Waals surface area contributed by atoms with Crippen LogP contribution in [0.4, 0.5) is 24.5 Å². The number of carbonyl (C=O) groups is 2. The van der Waals surface area contributed by atoms with Crippen LogP contribution in [0.2, 0.25) is 0 Å². The Labute approximate surface area is 182 Å². The summed E-state index contributed by atoms with van der Waals surface area (Å²) >= 11 is 0. The highest BCUT2D eigenvalue weighted by atomic mass is 19.4. The molecule has 32 heavy (non-hydrogen) atoms. The number of aromatic nitrogens is 4. The van der Waals surface area contributed by atoms with Gasteiger partial charge in [0.2, 0.25) is 17.6 Å². The Morgan fingerprint density at radius 3 is 2.31 bits per heavy atom. The summed E-state index contributed by atoms with van der Waals surface area (Å²) in [5.74, 6) is -0.323. The van der Waals surface area contributed by atoms with Crippen molar-refractivity contribution in [1.29, 1.82) is 0 Å². The van der Waals surface area contributed by atoms with Crippen LogP contribution in [0.15, 0.2) is 48.5 Å². The van der Waals surface area contributed by atoms with Gasteiger partial charge in [0.25, 0.3) is 0 Å². The van der Waals surface area contributed by atoms with E-state index in [1.54, 1.807) is 24.3 Å². The first kappa shape index (κ1) is 22.9. The van der Waals surface area contributed by atoms with Crippen LogP contribution in [-0.4, -0.2) is 43.5 Å². The topological polar surface area (TPSA) is 93.0 Å². The summed E-state index contributed by atoms with van der Waals surface area (Å²) in [6.07, 6.45) is -3.94. The highest BCUT2D eigenvalue weighted by molar-refractivity contribution is 5.92. The zero-order valence-electron chi connectivity index (χ0n) is 17.4. The van der Waals surface area contributed by atoms with Crippen LogP contribution in [0.5, 0.6) is 0 Å². The van der Waals surface area contributed by atoms with Gasteiger partial charge in [-0.3, -0.25) is 14.5 Å². The standard InChI is InChI=1S/C21H21F3N6O2/c1-14(31)29(15(2)32)12-5-13-30-27-20(26-28-30)18-6-3-4-7-19(18)25-17-10-8-16(9-11-17)21(22,23)24/h3-4,6-11,25H,5,12-13H2,1-2H3. The van der Waals surface area contributed by atoms with Gasteiger partial charge in [0.15, 0.2) is 0 Å². The van der Waals surface area contributed by atoms with Crippen molar-refractivity contribution in [2.24, 2.45) is 0 Å². The second-order valence-corrected chi connectivity index (χ2v) is 7.00. The number of carbonyl (C=O) groups excluding carboxylic acids is 2. The van der Waals surface area contributed by atoms with E-state index in [4.69, 9.17) is 0 Å².